The van der Waals surface area contributed by atoms with Crippen molar-refractivity contribution in [2.24, 2.45) is 0 Å². The number of thioether (sulfide) groups is 1. The van der Waals surface area contributed by atoms with Crippen LogP contribution in [-0.2, 0) is 0 Å². The molecule has 0 spiro atoms. The quantitative estimate of drug-likeness (QED) is 0.263. The van der Waals surface area contributed by atoms with E-state index >= 15 is 0 Å². The van der Waals surface area contributed by atoms with Crippen LogP contribution < -0.4 is 9.47 Å². The summed E-state index contributed by atoms with van der Waals surface area (Å²) in [7, 11) is 1.67. The lowest BCUT2D eigenvalue weighted by Gasteiger charge is -2.12. The molecule has 0 saturated carbocycles. The molecule has 1 heterocycles. The minimum absolute atomic E-state index is 0.586. The summed E-state index contributed by atoms with van der Waals surface area (Å²) in [5, 5.41) is 9.83. The Morgan fingerprint density at radius 3 is 2.29 bits per heavy atom. The number of benzene rings is 3. The van der Waals surface area contributed by atoms with Crippen molar-refractivity contribution in [2.45, 2.75) is 19.0 Å². The zero-order chi connectivity index (χ0) is 21.6. The zero-order valence-electron chi connectivity index (χ0n) is 17.9. The van der Waals surface area contributed by atoms with Gasteiger partial charge in [-0.1, -0.05) is 53.2 Å². The van der Waals surface area contributed by atoms with Gasteiger partial charge in [-0.05, 0) is 56.3 Å². The van der Waals surface area contributed by atoms with Gasteiger partial charge in [-0.3, -0.25) is 4.57 Å². The van der Waals surface area contributed by atoms with E-state index in [1.54, 1.807) is 18.9 Å². The molecule has 5 nitrogen and oxygen atoms in total. The van der Waals surface area contributed by atoms with Crippen molar-refractivity contribution in [1.82, 2.24) is 14.8 Å². The number of aryl methyl sites for hydroxylation is 2. The van der Waals surface area contributed by atoms with E-state index in [0.29, 0.717) is 6.61 Å². The van der Waals surface area contributed by atoms with Gasteiger partial charge in [0.1, 0.15) is 11.5 Å². The Morgan fingerprint density at radius 1 is 0.839 bits per heavy atom. The third-order valence-corrected chi connectivity index (χ3v) is 5.74. The first-order valence-corrected chi connectivity index (χ1v) is 11.1. The molecule has 0 aliphatic rings. The average molecular weight is 432 g/mol. The summed E-state index contributed by atoms with van der Waals surface area (Å²) in [6.45, 7) is 4.73. The summed E-state index contributed by atoms with van der Waals surface area (Å²) >= 11 is 1.63. The van der Waals surface area contributed by atoms with E-state index in [-0.39, 0.29) is 0 Å². The van der Waals surface area contributed by atoms with Crippen LogP contribution in [0.4, 0.5) is 0 Å². The summed E-state index contributed by atoms with van der Waals surface area (Å²) in [5.74, 6) is 3.27. The molecule has 0 fully saturated rings. The fourth-order valence-electron chi connectivity index (χ4n) is 3.23. The number of nitrogens with zero attached hydrogens (tertiary/aromatic N) is 3. The summed E-state index contributed by atoms with van der Waals surface area (Å²) in [4.78, 5) is 0. The molecule has 0 unspecified atom stereocenters. The molecule has 31 heavy (non-hydrogen) atoms. The van der Waals surface area contributed by atoms with Crippen LogP contribution in [0.1, 0.15) is 11.1 Å². The maximum Gasteiger partial charge on any atom is 0.196 e. The largest absolute Gasteiger partial charge is 0.497 e. The molecular formula is C25H25N3O2S. The van der Waals surface area contributed by atoms with Crippen LogP contribution in [0.15, 0.2) is 78.0 Å². The molecule has 0 amide bonds. The Balaban J connectivity index is 1.57. The van der Waals surface area contributed by atoms with Crippen LogP contribution >= 0.6 is 11.8 Å². The van der Waals surface area contributed by atoms with Gasteiger partial charge in [0, 0.05) is 17.0 Å². The molecular weight excluding hydrogens is 406 g/mol. The molecule has 0 radical (unpaired) electrons. The predicted molar refractivity (Wildman–Crippen MR) is 125 cm³/mol. The van der Waals surface area contributed by atoms with Crippen molar-refractivity contribution in [3.8, 4) is 28.6 Å². The van der Waals surface area contributed by atoms with Crippen molar-refractivity contribution >= 4 is 11.8 Å². The van der Waals surface area contributed by atoms with Crippen LogP contribution in [0, 0.1) is 13.8 Å². The number of hydrogen-bond donors (Lipinski definition) is 0. The van der Waals surface area contributed by atoms with Crippen LogP contribution in [0.25, 0.3) is 17.1 Å². The highest BCUT2D eigenvalue weighted by Crippen LogP contribution is 2.29. The zero-order valence-corrected chi connectivity index (χ0v) is 18.7. The molecule has 0 N–H and O–H groups in total. The molecule has 0 saturated heterocycles. The molecule has 6 heteroatoms. The van der Waals surface area contributed by atoms with Gasteiger partial charge in [0.05, 0.1) is 13.7 Å². The SMILES string of the molecule is COc1ccc(-n2c(SCCOc3ccc(C)cc3)nnc2-c2cccc(C)c2)cc1. The van der Waals surface area contributed by atoms with Crippen LogP contribution in [-0.4, -0.2) is 34.2 Å². The highest BCUT2D eigenvalue weighted by atomic mass is 32.2. The maximum atomic E-state index is 5.87. The van der Waals surface area contributed by atoms with Crippen molar-refractivity contribution in [2.75, 3.05) is 19.5 Å². The maximum absolute atomic E-state index is 5.87. The topological polar surface area (TPSA) is 49.2 Å². The van der Waals surface area contributed by atoms with E-state index in [1.807, 2.05) is 42.5 Å². The standard InChI is InChI=1S/C25H25N3O2S/c1-18-7-11-23(12-8-18)30-15-16-31-25-27-26-24(20-6-4-5-19(2)17-20)28(25)21-9-13-22(29-3)14-10-21/h4-14,17H,15-16H2,1-3H3. The lowest BCUT2D eigenvalue weighted by molar-refractivity contribution is 0.344. The van der Waals surface area contributed by atoms with Crippen LogP contribution in [0.5, 0.6) is 11.5 Å². The molecule has 0 aliphatic heterocycles. The van der Waals surface area contributed by atoms with Gasteiger partial charge in [-0.2, -0.15) is 0 Å². The summed E-state index contributed by atoms with van der Waals surface area (Å²) < 4.78 is 13.3. The lowest BCUT2D eigenvalue weighted by atomic mass is 10.1. The molecule has 1 aromatic heterocycles. The molecule has 4 rings (SSSR count). The molecule has 0 aliphatic carbocycles. The van der Waals surface area contributed by atoms with Gasteiger partial charge < -0.3 is 9.47 Å². The second kappa shape index (κ2) is 9.71. The minimum atomic E-state index is 0.586. The predicted octanol–water partition coefficient (Wildman–Crippen LogP) is 5.73. The Labute approximate surface area is 187 Å². The van der Waals surface area contributed by atoms with Gasteiger partial charge in [0.2, 0.25) is 0 Å². The van der Waals surface area contributed by atoms with Gasteiger partial charge in [0.25, 0.3) is 0 Å². The Bertz CT molecular complexity index is 1140. The van der Waals surface area contributed by atoms with Crippen molar-refractivity contribution < 1.29 is 9.47 Å². The fourth-order valence-corrected chi connectivity index (χ4v) is 3.99. The van der Waals surface area contributed by atoms with Crippen LogP contribution in [0.2, 0.25) is 0 Å². The number of rotatable bonds is 8. The van der Waals surface area contributed by atoms with E-state index in [2.05, 4.69) is 58.9 Å². The number of ether oxygens (including phenoxy) is 2. The third kappa shape index (κ3) is 5.09. The van der Waals surface area contributed by atoms with E-state index in [0.717, 1.165) is 39.5 Å². The highest BCUT2D eigenvalue weighted by molar-refractivity contribution is 7.99. The number of methoxy groups -OCH3 is 1. The summed E-state index contributed by atoms with van der Waals surface area (Å²) in [6.07, 6.45) is 0. The molecule has 0 bridgehead atoms. The lowest BCUT2D eigenvalue weighted by Crippen LogP contribution is -2.03. The van der Waals surface area contributed by atoms with Gasteiger partial charge in [-0.25, -0.2) is 0 Å². The normalized spacial score (nSPS) is 10.8. The Morgan fingerprint density at radius 2 is 1.58 bits per heavy atom. The van der Waals surface area contributed by atoms with Gasteiger partial charge in [0.15, 0.2) is 11.0 Å². The van der Waals surface area contributed by atoms with Crippen LogP contribution in [0.3, 0.4) is 0 Å². The minimum Gasteiger partial charge on any atom is -0.497 e. The van der Waals surface area contributed by atoms with E-state index in [1.165, 1.54) is 11.1 Å². The monoisotopic (exact) mass is 431 g/mol. The van der Waals surface area contributed by atoms with Crippen molar-refractivity contribution in [3.05, 3.63) is 83.9 Å². The molecule has 158 valence electrons. The van der Waals surface area contributed by atoms with Gasteiger partial charge in [-0.15, -0.1) is 10.2 Å². The van der Waals surface area contributed by atoms with Crippen molar-refractivity contribution in [1.29, 1.82) is 0 Å². The number of hydrogen-bond acceptors (Lipinski definition) is 5. The smallest absolute Gasteiger partial charge is 0.196 e. The second-order valence-electron chi connectivity index (χ2n) is 7.22. The Kier molecular flexibility index (Phi) is 6.57. The summed E-state index contributed by atoms with van der Waals surface area (Å²) in [5.41, 5.74) is 4.43. The fraction of sp³-hybridized carbons (Fsp3) is 0.200. The summed E-state index contributed by atoms with van der Waals surface area (Å²) in [6, 6.07) is 24.3. The molecule has 0 atom stereocenters. The average Bonchev–Trinajstić information content (AvgIpc) is 3.22. The molecule has 3 aromatic carbocycles. The second-order valence-corrected chi connectivity index (χ2v) is 8.28. The first kappa shape index (κ1) is 21.0. The molecule has 4 aromatic rings. The third-order valence-electron chi connectivity index (χ3n) is 4.84. The van der Waals surface area contributed by atoms with E-state index in [4.69, 9.17) is 9.47 Å². The van der Waals surface area contributed by atoms with E-state index < -0.39 is 0 Å². The number of aromatic nitrogens is 3. The first-order chi connectivity index (χ1) is 15.1. The Hall–Kier alpha value is -3.25. The van der Waals surface area contributed by atoms with Gasteiger partial charge >= 0.3 is 0 Å². The van der Waals surface area contributed by atoms with Crippen molar-refractivity contribution in [3.63, 3.8) is 0 Å². The van der Waals surface area contributed by atoms with E-state index in [9.17, 15) is 0 Å². The first-order valence-electron chi connectivity index (χ1n) is 10.1. The highest BCUT2D eigenvalue weighted by Gasteiger charge is 2.16.